The first-order valence-corrected chi connectivity index (χ1v) is 13.2. The third-order valence-corrected chi connectivity index (χ3v) is 8.66. The molecule has 6 nitrogen and oxygen atoms in total. The van der Waals surface area contributed by atoms with Crippen LogP contribution >= 0.6 is 11.6 Å². The Morgan fingerprint density at radius 2 is 2.03 bits per heavy atom. The van der Waals surface area contributed by atoms with Crippen molar-refractivity contribution < 1.29 is 9.32 Å². The SMILES string of the molecule is C[S@@](=O)c1cc2c(nc1NC1(CO)CCC1)C1CCC(c3ncc(Cl)cn3)CC1CC2. The average Bonchev–Trinajstić information content (AvgIpc) is 2.75. The number of aryl methyl sites for hydroxylation is 1. The van der Waals surface area contributed by atoms with Crippen molar-refractivity contribution in [2.45, 2.75) is 73.6 Å². The van der Waals surface area contributed by atoms with Crippen LogP contribution in [0.1, 0.15) is 73.9 Å². The van der Waals surface area contributed by atoms with Crippen molar-refractivity contribution in [3.05, 3.63) is 40.6 Å². The Bertz CT molecular complexity index is 990. The van der Waals surface area contributed by atoms with Gasteiger partial charge in [-0.2, -0.15) is 0 Å². The molecule has 2 fully saturated rings. The number of pyridine rings is 1. The van der Waals surface area contributed by atoms with E-state index in [1.165, 1.54) is 5.56 Å². The van der Waals surface area contributed by atoms with Crippen LogP contribution in [-0.4, -0.2) is 42.7 Å². The van der Waals surface area contributed by atoms with E-state index in [1.807, 2.05) is 0 Å². The van der Waals surface area contributed by atoms with E-state index in [1.54, 1.807) is 18.6 Å². The zero-order valence-corrected chi connectivity index (χ0v) is 19.4. The van der Waals surface area contributed by atoms with Gasteiger partial charge in [0.1, 0.15) is 11.6 Å². The van der Waals surface area contributed by atoms with Crippen LogP contribution in [0.4, 0.5) is 5.82 Å². The lowest BCUT2D eigenvalue weighted by molar-refractivity contribution is 0.143. The van der Waals surface area contributed by atoms with Gasteiger partial charge >= 0.3 is 0 Å². The molecule has 2 saturated carbocycles. The summed E-state index contributed by atoms with van der Waals surface area (Å²) >= 11 is 5.96. The van der Waals surface area contributed by atoms with Crippen molar-refractivity contribution in [1.82, 2.24) is 15.0 Å². The van der Waals surface area contributed by atoms with Crippen molar-refractivity contribution in [3.8, 4) is 0 Å². The first kappa shape index (κ1) is 21.3. The molecule has 2 heterocycles. The van der Waals surface area contributed by atoms with E-state index in [2.05, 4.69) is 21.4 Å². The average molecular weight is 461 g/mol. The van der Waals surface area contributed by atoms with Gasteiger partial charge in [-0.1, -0.05) is 11.6 Å². The summed E-state index contributed by atoms with van der Waals surface area (Å²) in [5.41, 5.74) is 2.09. The van der Waals surface area contributed by atoms with Crippen LogP contribution in [0.25, 0.3) is 0 Å². The van der Waals surface area contributed by atoms with E-state index < -0.39 is 10.8 Å². The van der Waals surface area contributed by atoms with Crippen molar-refractivity contribution in [2.75, 3.05) is 18.2 Å². The third kappa shape index (κ3) is 4.00. The highest BCUT2D eigenvalue weighted by atomic mass is 35.5. The molecular weight excluding hydrogens is 432 g/mol. The van der Waals surface area contributed by atoms with Gasteiger partial charge in [0.05, 0.1) is 32.9 Å². The van der Waals surface area contributed by atoms with Gasteiger partial charge in [-0.25, -0.2) is 15.0 Å². The molecule has 8 heteroatoms. The van der Waals surface area contributed by atoms with Gasteiger partial charge in [-0.3, -0.25) is 4.21 Å². The van der Waals surface area contributed by atoms with Crippen molar-refractivity contribution in [2.24, 2.45) is 5.92 Å². The quantitative estimate of drug-likeness (QED) is 0.695. The van der Waals surface area contributed by atoms with Crippen LogP contribution in [0.5, 0.6) is 0 Å². The molecule has 0 amide bonds. The van der Waals surface area contributed by atoms with E-state index in [9.17, 15) is 9.32 Å². The number of hydrogen-bond donors (Lipinski definition) is 2. The van der Waals surface area contributed by atoms with Crippen molar-refractivity contribution in [3.63, 3.8) is 0 Å². The van der Waals surface area contributed by atoms with Gasteiger partial charge in [-0.05, 0) is 68.9 Å². The van der Waals surface area contributed by atoms with E-state index in [0.717, 1.165) is 67.8 Å². The fourth-order valence-corrected chi connectivity index (χ4v) is 6.38. The molecule has 166 valence electrons. The Hall–Kier alpha value is -1.57. The number of nitrogens with one attached hydrogen (secondary N) is 1. The van der Waals surface area contributed by atoms with E-state index in [-0.39, 0.29) is 12.1 Å². The largest absolute Gasteiger partial charge is 0.394 e. The van der Waals surface area contributed by atoms with Crippen LogP contribution in [-0.2, 0) is 17.2 Å². The summed E-state index contributed by atoms with van der Waals surface area (Å²) in [7, 11) is -1.13. The lowest BCUT2D eigenvalue weighted by Gasteiger charge is -2.43. The summed E-state index contributed by atoms with van der Waals surface area (Å²) < 4.78 is 12.5. The van der Waals surface area contributed by atoms with E-state index in [0.29, 0.717) is 28.6 Å². The highest BCUT2D eigenvalue weighted by molar-refractivity contribution is 7.84. The zero-order valence-electron chi connectivity index (χ0n) is 17.8. The summed E-state index contributed by atoms with van der Waals surface area (Å²) in [6, 6.07) is 2.11. The minimum atomic E-state index is -1.13. The number of hydrogen-bond acceptors (Lipinski definition) is 6. The molecule has 3 unspecified atom stereocenters. The minimum Gasteiger partial charge on any atom is -0.394 e. The molecule has 0 saturated heterocycles. The molecule has 2 N–H and O–H groups in total. The summed E-state index contributed by atoms with van der Waals surface area (Å²) in [4.78, 5) is 14.8. The summed E-state index contributed by atoms with van der Waals surface area (Å²) in [6.07, 6.45) is 13.3. The molecule has 3 aliphatic rings. The Morgan fingerprint density at radius 1 is 1.26 bits per heavy atom. The maximum Gasteiger partial charge on any atom is 0.143 e. The molecule has 0 aromatic carbocycles. The Kier molecular flexibility index (Phi) is 5.78. The van der Waals surface area contributed by atoms with Crippen LogP contribution in [0.15, 0.2) is 23.4 Å². The lowest BCUT2D eigenvalue weighted by Crippen LogP contribution is -2.48. The smallest absolute Gasteiger partial charge is 0.143 e. The van der Waals surface area contributed by atoms with Gasteiger partial charge in [0, 0.05) is 36.2 Å². The second-order valence-electron chi connectivity index (χ2n) is 9.43. The van der Waals surface area contributed by atoms with Crippen molar-refractivity contribution >= 4 is 28.2 Å². The van der Waals surface area contributed by atoms with Crippen LogP contribution in [0.2, 0.25) is 5.02 Å². The lowest BCUT2D eigenvalue weighted by atomic mass is 9.66. The molecule has 2 aromatic rings. The minimum absolute atomic E-state index is 0.0797. The molecule has 3 aliphatic carbocycles. The zero-order chi connectivity index (χ0) is 21.6. The highest BCUT2D eigenvalue weighted by Crippen LogP contribution is 2.49. The van der Waals surface area contributed by atoms with Crippen LogP contribution in [0, 0.1) is 5.92 Å². The van der Waals surface area contributed by atoms with Crippen molar-refractivity contribution in [1.29, 1.82) is 0 Å². The van der Waals surface area contributed by atoms with Crippen LogP contribution < -0.4 is 5.32 Å². The van der Waals surface area contributed by atoms with Gasteiger partial charge < -0.3 is 10.4 Å². The Morgan fingerprint density at radius 3 is 2.68 bits per heavy atom. The number of nitrogens with zero attached hydrogens (tertiary/aromatic N) is 3. The topological polar surface area (TPSA) is 88.0 Å². The number of aromatic nitrogens is 3. The summed E-state index contributed by atoms with van der Waals surface area (Å²) in [5.74, 6) is 2.94. The summed E-state index contributed by atoms with van der Waals surface area (Å²) in [5, 5.41) is 14.0. The maximum absolute atomic E-state index is 12.5. The number of rotatable bonds is 5. The predicted octanol–water partition coefficient (Wildman–Crippen LogP) is 4.20. The molecular formula is C23H29ClN4O2S. The monoisotopic (exact) mass is 460 g/mol. The second kappa shape index (κ2) is 8.41. The molecule has 4 atom stereocenters. The van der Waals surface area contributed by atoms with Gasteiger partial charge in [-0.15, -0.1) is 0 Å². The molecule has 0 bridgehead atoms. The molecule has 0 spiro atoms. The molecule has 0 aliphatic heterocycles. The Balaban J connectivity index is 1.42. The first-order valence-electron chi connectivity index (χ1n) is 11.2. The number of halogens is 1. The molecule has 2 aromatic heterocycles. The normalized spacial score (nSPS) is 27.5. The van der Waals surface area contributed by atoms with Gasteiger partial charge in [0.25, 0.3) is 0 Å². The number of aliphatic hydroxyl groups excluding tert-OH is 1. The standard InChI is InChI=1S/C23H29ClN4O2S/c1-31(30)19-10-15-4-3-14-9-16(21-25-11-17(24)12-26-21)5-6-18(14)20(15)27-22(19)28-23(13-29)7-2-8-23/h10-12,14,16,18,29H,2-9,13H2,1H3,(H,27,28)/t14?,16?,18?,31-/m1/s1. The maximum atomic E-state index is 12.5. The van der Waals surface area contributed by atoms with Crippen LogP contribution in [0.3, 0.4) is 0 Å². The van der Waals surface area contributed by atoms with Gasteiger partial charge in [0.2, 0.25) is 0 Å². The predicted molar refractivity (Wildman–Crippen MR) is 122 cm³/mol. The van der Waals surface area contributed by atoms with E-state index >= 15 is 0 Å². The fourth-order valence-electron chi connectivity index (χ4n) is 5.61. The second-order valence-corrected chi connectivity index (χ2v) is 11.2. The molecule has 0 radical (unpaired) electrons. The summed E-state index contributed by atoms with van der Waals surface area (Å²) in [6.45, 7) is 0.0797. The number of anilines is 1. The fraction of sp³-hybridized carbons (Fsp3) is 0.609. The molecule has 5 rings (SSSR count). The highest BCUT2D eigenvalue weighted by Gasteiger charge is 2.40. The number of aliphatic hydroxyl groups is 1. The molecule has 31 heavy (non-hydrogen) atoms. The third-order valence-electron chi connectivity index (χ3n) is 7.53. The first-order chi connectivity index (χ1) is 15.0. The number of fused-ring (bicyclic) bond motifs is 3. The van der Waals surface area contributed by atoms with Gasteiger partial charge in [0.15, 0.2) is 0 Å². The van der Waals surface area contributed by atoms with E-state index in [4.69, 9.17) is 16.6 Å². The Labute approximate surface area is 190 Å².